The molecule has 0 saturated carbocycles. The van der Waals surface area contributed by atoms with Crippen LogP contribution in [0.5, 0.6) is 5.75 Å². The summed E-state index contributed by atoms with van der Waals surface area (Å²) in [5.41, 5.74) is 4.06. The van der Waals surface area contributed by atoms with Gasteiger partial charge < -0.3 is 4.74 Å². The van der Waals surface area contributed by atoms with Gasteiger partial charge in [0.05, 0.1) is 29.8 Å². The normalized spacial score (nSPS) is 15.2. The number of carbonyl (C=O) groups excluding carboxylic acids is 4. The number of amides is 4. The molecule has 1 unspecified atom stereocenters. The van der Waals surface area contributed by atoms with Crippen LogP contribution in [0, 0.1) is 6.92 Å². The number of anilines is 1. The van der Waals surface area contributed by atoms with E-state index < -0.39 is 29.7 Å². The van der Waals surface area contributed by atoms with E-state index in [4.69, 9.17) is 16.3 Å². The van der Waals surface area contributed by atoms with Crippen molar-refractivity contribution in [1.29, 1.82) is 0 Å². The molecule has 0 spiro atoms. The molecule has 4 rings (SSSR count). The second kappa shape index (κ2) is 9.99. The average Bonchev–Trinajstić information content (AvgIpc) is 3.15. The minimum Gasteiger partial charge on any atom is -0.497 e. The number of rotatable bonds is 5. The largest absolute Gasteiger partial charge is 0.497 e. The van der Waals surface area contributed by atoms with Gasteiger partial charge in [-0.05, 0) is 55.5 Å². The summed E-state index contributed by atoms with van der Waals surface area (Å²) in [4.78, 5) is 53.8. The Balaban J connectivity index is 1.69. The number of hydrogen-bond acceptors (Lipinski definition) is 5. The van der Waals surface area contributed by atoms with Crippen molar-refractivity contribution in [2.75, 3.05) is 12.0 Å². The van der Waals surface area contributed by atoms with Crippen LogP contribution in [0.25, 0.3) is 0 Å². The maximum atomic E-state index is 13.5. The van der Waals surface area contributed by atoms with Crippen molar-refractivity contribution in [2.24, 2.45) is 0 Å². The fourth-order valence-corrected chi connectivity index (χ4v) is 4.04. The molecule has 178 valence electrons. The molecule has 3 aromatic carbocycles. The number of nitrogens with one attached hydrogen (secondary N) is 1. The molecule has 8 nitrogen and oxygen atoms in total. The van der Waals surface area contributed by atoms with Gasteiger partial charge in [0.1, 0.15) is 11.8 Å². The number of hydrogen-bond donors (Lipinski definition) is 1. The monoisotopic (exact) mass is 491 g/mol. The zero-order chi connectivity index (χ0) is 25.1. The number of imide groups is 1. The standard InChI is InChI=1S/C26H22ClN3O5/c1-16-6-5-7-17(14-16)25(33)30(28-24(32)20-8-3-4-9-21(20)27)22-15-23(31)29(26(22)34)18-10-12-19(35-2)13-11-18/h3-14,22H,15H2,1-2H3,(H,28,32). The number of methoxy groups -OCH3 is 1. The molecule has 0 bridgehead atoms. The third-order valence-corrected chi connectivity index (χ3v) is 5.92. The third kappa shape index (κ3) is 4.88. The van der Waals surface area contributed by atoms with Crippen LogP contribution >= 0.6 is 11.6 Å². The number of nitrogens with zero attached hydrogens (tertiary/aromatic N) is 2. The van der Waals surface area contributed by atoms with Crippen molar-refractivity contribution < 1.29 is 23.9 Å². The Morgan fingerprint density at radius 1 is 1.03 bits per heavy atom. The number of hydrazine groups is 1. The Bertz CT molecular complexity index is 1310. The second-order valence-corrected chi connectivity index (χ2v) is 8.36. The van der Waals surface area contributed by atoms with Crippen molar-refractivity contribution in [2.45, 2.75) is 19.4 Å². The molecule has 1 aliphatic heterocycles. The molecule has 4 amide bonds. The van der Waals surface area contributed by atoms with Crippen molar-refractivity contribution in [1.82, 2.24) is 10.4 Å². The van der Waals surface area contributed by atoms with E-state index in [9.17, 15) is 19.2 Å². The third-order valence-electron chi connectivity index (χ3n) is 5.59. The van der Waals surface area contributed by atoms with E-state index in [1.807, 2.05) is 13.0 Å². The summed E-state index contributed by atoms with van der Waals surface area (Å²) in [7, 11) is 1.51. The topological polar surface area (TPSA) is 96.0 Å². The highest BCUT2D eigenvalue weighted by atomic mass is 35.5. The highest BCUT2D eigenvalue weighted by Crippen LogP contribution is 2.28. The predicted molar refractivity (Wildman–Crippen MR) is 130 cm³/mol. The molecule has 1 saturated heterocycles. The molecular weight excluding hydrogens is 470 g/mol. The summed E-state index contributed by atoms with van der Waals surface area (Å²) in [6.45, 7) is 1.82. The van der Waals surface area contributed by atoms with Gasteiger partial charge in [0.25, 0.3) is 17.7 Å². The molecule has 0 aromatic heterocycles. The summed E-state index contributed by atoms with van der Waals surface area (Å²) in [6.07, 6.45) is -0.300. The Morgan fingerprint density at radius 3 is 2.40 bits per heavy atom. The molecule has 1 N–H and O–H groups in total. The SMILES string of the molecule is COc1ccc(N2C(=O)CC(N(NC(=O)c3ccccc3Cl)C(=O)c3cccc(C)c3)C2=O)cc1. The minimum atomic E-state index is -1.25. The van der Waals surface area contributed by atoms with Crippen LogP contribution in [0.15, 0.2) is 72.8 Å². The second-order valence-electron chi connectivity index (χ2n) is 7.95. The predicted octanol–water partition coefficient (Wildman–Crippen LogP) is 3.78. The first kappa shape index (κ1) is 24.0. The van der Waals surface area contributed by atoms with E-state index in [1.54, 1.807) is 60.7 Å². The highest BCUT2D eigenvalue weighted by Gasteiger charge is 2.45. The van der Waals surface area contributed by atoms with Crippen LogP contribution in [0.3, 0.4) is 0 Å². The van der Waals surface area contributed by atoms with Crippen molar-refractivity contribution in [3.63, 3.8) is 0 Å². The van der Waals surface area contributed by atoms with E-state index in [0.717, 1.165) is 15.5 Å². The summed E-state index contributed by atoms with van der Waals surface area (Å²) < 4.78 is 5.13. The first-order valence-electron chi connectivity index (χ1n) is 10.8. The lowest BCUT2D eigenvalue weighted by Crippen LogP contribution is -2.54. The molecule has 1 heterocycles. The average molecular weight is 492 g/mol. The van der Waals surface area contributed by atoms with Crippen LogP contribution in [0.4, 0.5) is 5.69 Å². The fourth-order valence-electron chi connectivity index (χ4n) is 3.82. The van der Waals surface area contributed by atoms with E-state index in [-0.39, 0.29) is 22.6 Å². The lowest BCUT2D eigenvalue weighted by Gasteiger charge is -2.28. The quantitative estimate of drug-likeness (QED) is 0.433. The molecule has 1 atom stereocenters. The van der Waals surface area contributed by atoms with E-state index >= 15 is 0 Å². The highest BCUT2D eigenvalue weighted by molar-refractivity contribution is 6.33. The Morgan fingerprint density at radius 2 is 1.74 bits per heavy atom. The zero-order valence-electron chi connectivity index (χ0n) is 19.0. The Labute approximate surface area is 207 Å². The maximum Gasteiger partial charge on any atom is 0.273 e. The smallest absolute Gasteiger partial charge is 0.273 e. The molecule has 35 heavy (non-hydrogen) atoms. The first-order valence-corrected chi connectivity index (χ1v) is 11.1. The number of halogens is 1. The van der Waals surface area contributed by atoms with Crippen molar-refractivity contribution >= 4 is 40.9 Å². The molecule has 3 aromatic rings. The molecule has 1 aliphatic rings. The Kier molecular flexibility index (Phi) is 6.84. The summed E-state index contributed by atoms with van der Waals surface area (Å²) >= 11 is 6.16. The Hall–Kier alpha value is -4.17. The van der Waals surface area contributed by atoms with Gasteiger partial charge in [-0.25, -0.2) is 9.91 Å². The van der Waals surface area contributed by atoms with Gasteiger partial charge in [0.15, 0.2) is 0 Å². The number of ether oxygens (including phenoxy) is 1. The van der Waals surface area contributed by atoms with Crippen LogP contribution in [-0.2, 0) is 9.59 Å². The van der Waals surface area contributed by atoms with Crippen molar-refractivity contribution in [3.8, 4) is 5.75 Å². The van der Waals surface area contributed by atoms with Gasteiger partial charge in [-0.15, -0.1) is 0 Å². The maximum absolute atomic E-state index is 13.5. The molecule has 0 aliphatic carbocycles. The minimum absolute atomic E-state index is 0.125. The fraction of sp³-hybridized carbons (Fsp3) is 0.154. The van der Waals surface area contributed by atoms with Gasteiger partial charge in [-0.3, -0.25) is 24.6 Å². The lowest BCUT2D eigenvalue weighted by molar-refractivity contribution is -0.122. The van der Waals surface area contributed by atoms with Gasteiger partial charge >= 0.3 is 0 Å². The van der Waals surface area contributed by atoms with Crippen molar-refractivity contribution in [3.05, 3.63) is 94.5 Å². The number of aryl methyl sites for hydroxylation is 1. The van der Waals surface area contributed by atoms with Crippen LogP contribution in [0.1, 0.15) is 32.7 Å². The van der Waals surface area contributed by atoms with Gasteiger partial charge in [-0.2, -0.15) is 0 Å². The van der Waals surface area contributed by atoms with E-state index in [2.05, 4.69) is 5.43 Å². The van der Waals surface area contributed by atoms with Crippen LogP contribution in [-0.4, -0.2) is 41.8 Å². The molecule has 0 radical (unpaired) electrons. The lowest BCUT2D eigenvalue weighted by atomic mass is 10.1. The van der Waals surface area contributed by atoms with E-state index in [0.29, 0.717) is 11.4 Å². The molecule has 9 heteroatoms. The van der Waals surface area contributed by atoms with Gasteiger partial charge in [0.2, 0.25) is 5.91 Å². The van der Waals surface area contributed by atoms with Crippen LogP contribution < -0.4 is 15.1 Å². The van der Waals surface area contributed by atoms with E-state index in [1.165, 1.54) is 13.2 Å². The van der Waals surface area contributed by atoms with Crippen LogP contribution in [0.2, 0.25) is 5.02 Å². The molecular formula is C26H22ClN3O5. The summed E-state index contributed by atoms with van der Waals surface area (Å²) in [6, 6.07) is 18.2. The van der Waals surface area contributed by atoms with Gasteiger partial charge in [-0.1, -0.05) is 41.4 Å². The summed E-state index contributed by atoms with van der Waals surface area (Å²) in [5.74, 6) is -1.89. The number of carbonyl (C=O) groups is 4. The number of benzene rings is 3. The molecule has 1 fully saturated rings. The summed E-state index contributed by atoms with van der Waals surface area (Å²) in [5, 5.41) is 1.10. The zero-order valence-corrected chi connectivity index (χ0v) is 19.8. The van der Waals surface area contributed by atoms with Gasteiger partial charge in [0, 0.05) is 5.56 Å². The first-order chi connectivity index (χ1) is 16.8.